The highest BCUT2D eigenvalue weighted by Crippen LogP contribution is 2.19. The first-order valence-corrected chi connectivity index (χ1v) is 6.95. The van der Waals surface area contributed by atoms with Gasteiger partial charge in [-0.25, -0.2) is 14.3 Å². The monoisotopic (exact) mass is 293 g/mol. The number of carboxylic acids is 1. The van der Waals surface area contributed by atoms with Gasteiger partial charge in [-0.2, -0.15) is 4.98 Å². The Morgan fingerprint density at radius 1 is 1.40 bits per heavy atom. The topological polar surface area (TPSA) is 85.1 Å². The van der Waals surface area contributed by atoms with E-state index in [9.17, 15) is 9.59 Å². The smallest absolute Gasteiger partial charge is 0.354 e. The summed E-state index contributed by atoms with van der Waals surface area (Å²) in [5, 5.41) is 9.37. The van der Waals surface area contributed by atoms with Crippen molar-refractivity contribution in [1.29, 1.82) is 0 Å². The van der Waals surface area contributed by atoms with Crippen LogP contribution in [0.2, 0.25) is 0 Å². The van der Waals surface area contributed by atoms with Crippen LogP contribution in [0.3, 0.4) is 0 Å². The van der Waals surface area contributed by atoms with Crippen molar-refractivity contribution in [2.45, 2.75) is 33.6 Å². The number of aryl methyl sites for hydroxylation is 2. The molecule has 0 aromatic carbocycles. The third-order valence-electron chi connectivity index (χ3n) is 3.05. The summed E-state index contributed by atoms with van der Waals surface area (Å²) in [6.07, 6.45) is 2.06. The minimum absolute atomic E-state index is 0.0124. The molecule has 0 saturated carbocycles. The summed E-state index contributed by atoms with van der Waals surface area (Å²) in [4.78, 5) is 32.0. The van der Waals surface area contributed by atoms with Crippen LogP contribution >= 0.6 is 11.3 Å². The molecule has 1 N–H and O–H groups in total. The molecule has 0 amide bonds. The molecule has 0 fully saturated rings. The summed E-state index contributed by atoms with van der Waals surface area (Å²) in [6.45, 7) is 5.43. The fraction of sp³-hybridized carbons (Fsp3) is 0.385. The van der Waals surface area contributed by atoms with E-state index < -0.39 is 5.97 Å². The molecule has 0 aliphatic carbocycles. The summed E-state index contributed by atoms with van der Waals surface area (Å²) in [7, 11) is 0. The third-order valence-corrected chi connectivity index (χ3v) is 3.95. The third kappa shape index (κ3) is 2.77. The molecule has 20 heavy (non-hydrogen) atoms. The molecule has 0 aliphatic rings. The Kier molecular flexibility index (Phi) is 3.99. The lowest BCUT2D eigenvalue weighted by molar-refractivity contribution is -0.136. The molecule has 0 atom stereocenters. The Balaban J connectivity index is 2.55. The minimum atomic E-state index is -0.869. The molecule has 0 spiro atoms. The number of thiazole rings is 1. The Morgan fingerprint density at radius 3 is 2.65 bits per heavy atom. The molecular weight excluding hydrogens is 278 g/mol. The van der Waals surface area contributed by atoms with Crippen molar-refractivity contribution in [2.75, 3.05) is 0 Å². The van der Waals surface area contributed by atoms with Crippen LogP contribution in [0.1, 0.15) is 28.2 Å². The van der Waals surface area contributed by atoms with E-state index in [1.165, 1.54) is 15.9 Å². The van der Waals surface area contributed by atoms with Gasteiger partial charge in [0.1, 0.15) is 0 Å². The first kappa shape index (κ1) is 14.4. The maximum absolute atomic E-state index is 12.1. The number of aliphatic carboxylic acids is 1. The summed E-state index contributed by atoms with van der Waals surface area (Å²) < 4.78 is 1.45. The molecular formula is C13H15N3O3S. The van der Waals surface area contributed by atoms with Crippen molar-refractivity contribution >= 4 is 17.3 Å². The zero-order chi connectivity index (χ0) is 14.9. The first-order chi connectivity index (χ1) is 9.40. The zero-order valence-corrected chi connectivity index (χ0v) is 12.3. The average molecular weight is 293 g/mol. The van der Waals surface area contributed by atoms with Gasteiger partial charge < -0.3 is 5.11 Å². The van der Waals surface area contributed by atoms with Gasteiger partial charge in [0.15, 0.2) is 5.13 Å². The predicted octanol–water partition coefficient (Wildman–Crippen LogP) is 1.63. The number of nitrogens with zero attached hydrogens (tertiary/aromatic N) is 3. The van der Waals surface area contributed by atoms with Gasteiger partial charge in [0.2, 0.25) is 0 Å². The second-order valence-electron chi connectivity index (χ2n) is 4.53. The van der Waals surface area contributed by atoms with Gasteiger partial charge in [0.25, 0.3) is 0 Å². The van der Waals surface area contributed by atoms with E-state index in [1.807, 2.05) is 6.92 Å². The van der Waals surface area contributed by atoms with Crippen LogP contribution in [-0.4, -0.2) is 25.6 Å². The molecule has 0 bridgehead atoms. The highest BCUT2D eigenvalue weighted by Gasteiger charge is 2.15. The molecule has 6 nitrogen and oxygen atoms in total. The molecule has 0 radical (unpaired) electrons. The number of rotatable bonds is 4. The van der Waals surface area contributed by atoms with Gasteiger partial charge in [0.05, 0.1) is 0 Å². The van der Waals surface area contributed by atoms with Crippen molar-refractivity contribution in [1.82, 2.24) is 14.5 Å². The SMILES string of the molecule is Cc1cnc(-n2c(C)c(CCC(=O)O)c(C)nc2=O)s1. The van der Waals surface area contributed by atoms with Crippen molar-refractivity contribution in [2.24, 2.45) is 0 Å². The molecule has 7 heteroatoms. The fourth-order valence-corrected chi connectivity index (χ4v) is 2.87. The number of carbonyl (C=O) groups is 1. The maximum atomic E-state index is 12.1. The van der Waals surface area contributed by atoms with E-state index in [-0.39, 0.29) is 12.1 Å². The molecule has 2 heterocycles. The Bertz CT molecular complexity index is 718. The molecule has 0 saturated heterocycles. The summed E-state index contributed by atoms with van der Waals surface area (Å²) in [5.74, 6) is -0.869. The van der Waals surface area contributed by atoms with E-state index in [0.29, 0.717) is 22.9 Å². The Hall–Kier alpha value is -2.02. The minimum Gasteiger partial charge on any atom is -0.481 e. The van der Waals surface area contributed by atoms with E-state index in [1.54, 1.807) is 20.0 Å². The highest BCUT2D eigenvalue weighted by molar-refractivity contribution is 7.14. The van der Waals surface area contributed by atoms with Crippen molar-refractivity contribution in [3.63, 3.8) is 0 Å². The van der Waals surface area contributed by atoms with Gasteiger partial charge in [0, 0.05) is 28.9 Å². The van der Waals surface area contributed by atoms with Crippen LogP contribution in [-0.2, 0) is 11.2 Å². The van der Waals surface area contributed by atoms with Gasteiger partial charge in [-0.3, -0.25) is 4.79 Å². The predicted molar refractivity (Wildman–Crippen MR) is 75.7 cm³/mol. The Labute approximate surface area is 119 Å². The highest BCUT2D eigenvalue weighted by atomic mass is 32.1. The maximum Gasteiger partial charge on any atom is 0.354 e. The number of carboxylic acid groups (broad SMARTS) is 1. The van der Waals surface area contributed by atoms with Gasteiger partial charge in [-0.15, -0.1) is 11.3 Å². The Morgan fingerprint density at radius 2 is 2.10 bits per heavy atom. The average Bonchev–Trinajstić information content (AvgIpc) is 2.74. The first-order valence-electron chi connectivity index (χ1n) is 6.14. The molecule has 0 unspecified atom stereocenters. The lowest BCUT2D eigenvalue weighted by Gasteiger charge is -2.12. The van der Waals surface area contributed by atoms with Gasteiger partial charge in [-0.05, 0) is 32.8 Å². The summed E-state index contributed by atoms with van der Waals surface area (Å²) >= 11 is 1.40. The van der Waals surface area contributed by atoms with Crippen LogP contribution < -0.4 is 5.69 Å². The number of aromatic nitrogens is 3. The van der Waals surface area contributed by atoms with E-state index >= 15 is 0 Å². The lowest BCUT2D eigenvalue weighted by atomic mass is 10.1. The number of hydrogen-bond acceptors (Lipinski definition) is 5. The van der Waals surface area contributed by atoms with Crippen LogP contribution in [0.4, 0.5) is 0 Å². The fourth-order valence-electron chi connectivity index (χ4n) is 2.07. The van der Waals surface area contributed by atoms with Crippen molar-refractivity contribution < 1.29 is 9.90 Å². The lowest BCUT2D eigenvalue weighted by Crippen LogP contribution is -2.26. The zero-order valence-electron chi connectivity index (χ0n) is 11.5. The van der Waals surface area contributed by atoms with Crippen molar-refractivity contribution in [3.05, 3.63) is 38.5 Å². The summed E-state index contributed by atoms with van der Waals surface area (Å²) in [5.41, 5.74) is 1.70. The second kappa shape index (κ2) is 5.54. The number of hydrogen-bond donors (Lipinski definition) is 1. The molecule has 2 aromatic rings. The molecule has 2 rings (SSSR count). The molecule has 106 valence electrons. The van der Waals surface area contributed by atoms with E-state index in [2.05, 4.69) is 9.97 Å². The van der Waals surface area contributed by atoms with Gasteiger partial charge in [-0.1, -0.05) is 0 Å². The van der Waals surface area contributed by atoms with Gasteiger partial charge >= 0.3 is 11.7 Å². The van der Waals surface area contributed by atoms with Crippen LogP contribution in [0.5, 0.6) is 0 Å². The van der Waals surface area contributed by atoms with Crippen LogP contribution in [0, 0.1) is 20.8 Å². The van der Waals surface area contributed by atoms with Crippen molar-refractivity contribution in [3.8, 4) is 5.13 Å². The quantitative estimate of drug-likeness (QED) is 0.926. The second-order valence-corrected chi connectivity index (χ2v) is 5.74. The molecule has 2 aromatic heterocycles. The molecule has 0 aliphatic heterocycles. The normalized spacial score (nSPS) is 10.8. The van der Waals surface area contributed by atoms with Crippen LogP contribution in [0.25, 0.3) is 5.13 Å². The summed E-state index contributed by atoms with van der Waals surface area (Å²) in [6, 6.07) is 0. The van der Waals surface area contributed by atoms with E-state index in [0.717, 1.165) is 10.4 Å². The largest absolute Gasteiger partial charge is 0.481 e. The van der Waals surface area contributed by atoms with E-state index in [4.69, 9.17) is 5.11 Å². The standard InChI is InChI=1S/C13H15N3O3S/c1-7-6-14-13(20-7)16-9(3)10(4-5-11(17)18)8(2)15-12(16)19/h6H,4-5H2,1-3H3,(H,17,18). The van der Waals surface area contributed by atoms with Crippen LogP contribution in [0.15, 0.2) is 11.0 Å².